The van der Waals surface area contributed by atoms with Crippen molar-refractivity contribution in [3.8, 4) is 0 Å². The Balaban J connectivity index is 1.72. The SMILES string of the molecule is CC(C)(C)C(=O)[C@H]1[C@H](c2ccccc2F)C2(C(=O)c3ccccc3C2=O)C2C=Cc3cc(Cl)ccc3N21. The standard InChI is InChI=1S/C31H25ClFNO3/c1-30(2,3)29(37)26-25(21-10-6-7-11-22(21)33)31(27(35)19-8-4-5-9-20(19)28(31)36)24-15-12-17-16-18(32)13-14-23(17)34(24)26/h4-16,24-26H,1-3H3/t24?,25-,26+/m0/s1. The Morgan fingerprint density at radius 1 is 0.946 bits per heavy atom. The van der Waals surface area contributed by atoms with Gasteiger partial charge in [0, 0.05) is 33.2 Å². The molecule has 4 nitrogen and oxygen atoms in total. The zero-order valence-electron chi connectivity index (χ0n) is 20.7. The van der Waals surface area contributed by atoms with Crippen molar-refractivity contribution in [1.82, 2.24) is 0 Å². The summed E-state index contributed by atoms with van der Waals surface area (Å²) in [5, 5.41) is 0.528. The number of fused-ring (bicyclic) bond motifs is 5. The third kappa shape index (κ3) is 3.10. The van der Waals surface area contributed by atoms with Gasteiger partial charge in [-0.05, 0) is 35.4 Å². The van der Waals surface area contributed by atoms with Crippen molar-refractivity contribution in [1.29, 1.82) is 0 Å². The van der Waals surface area contributed by atoms with Crippen LogP contribution < -0.4 is 4.90 Å². The number of rotatable bonds is 2. The summed E-state index contributed by atoms with van der Waals surface area (Å²) >= 11 is 6.29. The fourth-order valence-electron chi connectivity index (χ4n) is 6.46. The minimum absolute atomic E-state index is 0.171. The van der Waals surface area contributed by atoms with E-state index in [1.807, 2.05) is 43.9 Å². The summed E-state index contributed by atoms with van der Waals surface area (Å²) < 4.78 is 15.6. The second-order valence-electron chi connectivity index (χ2n) is 11.0. The molecule has 1 saturated heterocycles. The molecule has 0 saturated carbocycles. The van der Waals surface area contributed by atoms with E-state index in [0.717, 1.165) is 5.56 Å². The van der Waals surface area contributed by atoms with E-state index in [2.05, 4.69) is 0 Å². The first kappa shape index (κ1) is 23.8. The number of nitrogens with zero attached hydrogens (tertiary/aromatic N) is 1. The third-order valence-corrected chi connectivity index (χ3v) is 8.25. The highest BCUT2D eigenvalue weighted by atomic mass is 35.5. The predicted octanol–water partition coefficient (Wildman–Crippen LogP) is 6.53. The molecule has 1 aliphatic carbocycles. The summed E-state index contributed by atoms with van der Waals surface area (Å²) in [6.07, 6.45) is 3.65. The van der Waals surface area contributed by atoms with E-state index in [0.29, 0.717) is 21.8 Å². The van der Waals surface area contributed by atoms with E-state index in [-0.39, 0.29) is 22.9 Å². The molecule has 0 amide bonds. The Labute approximate surface area is 219 Å². The van der Waals surface area contributed by atoms with Crippen LogP contribution in [0.4, 0.5) is 10.1 Å². The van der Waals surface area contributed by atoms with Crippen molar-refractivity contribution in [2.45, 2.75) is 38.8 Å². The Kier molecular flexibility index (Phi) is 5.12. The van der Waals surface area contributed by atoms with E-state index in [1.54, 1.807) is 54.6 Å². The maximum absolute atomic E-state index is 15.6. The van der Waals surface area contributed by atoms with Crippen molar-refractivity contribution in [3.05, 3.63) is 106 Å². The van der Waals surface area contributed by atoms with Gasteiger partial charge in [-0.3, -0.25) is 14.4 Å². The smallest absolute Gasteiger partial charge is 0.180 e. The Hall–Kier alpha value is -3.57. The fraction of sp³-hybridized carbons (Fsp3) is 0.258. The molecule has 1 unspecified atom stereocenters. The minimum Gasteiger partial charge on any atom is -0.352 e. The Morgan fingerprint density at radius 3 is 2.19 bits per heavy atom. The van der Waals surface area contributed by atoms with Crippen LogP contribution in [0.2, 0.25) is 5.02 Å². The van der Waals surface area contributed by atoms with Crippen LogP contribution >= 0.6 is 11.6 Å². The van der Waals surface area contributed by atoms with Crippen molar-refractivity contribution in [2.75, 3.05) is 4.90 Å². The monoisotopic (exact) mass is 513 g/mol. The lowest BCUT2D eigenvalue weighted by Crippen LogP contribution is -2.49. The topological polar surface area (TPSA) is 54.5 Å². The van der Waals surface area contributed by atoms with E-state index in [4.69, 9.17) is 11.6 Å². The second kappa shape index (κ2) is 7.96. The average molecular weight is 514 g/mol. The largest absolute Gasteiger partial charge is 0.352 e. The van der Waals surface area contributed by atoms with Crippen molar-refractivity contribution in [2.24, 2.45) is 10.8 Å². The van der Waals surface area contributed by atoms with Crippen LogP contribution in [0.3, 0.4) is 0 Å². The van der Waals surface area contributed by atoms with Gasteiger partial charge in [0.05, 0.1) is 12.1 Å². The van der Waals surface area contributed by atoms with Gasteiger partial charge >= 0.3 is 0 Å². The number of Topliss-reactive ketones (excluding diaryl/α,β-unsaturated/α-hetero) is 3. The summed E-state index contributed by atoms with van der Waals surface area (Å²) in [4.78, 5) is 45.0. The van der Waals surface area contributed by atoms with Crippen LogP contribution in [-0.2, 0) is 4.79 Å². The van der Waals surface area contributed by atoms with E-state index in [1.165, 1.54) is 6.07 Å². The van der Waals surface area contributed by atoms with E-state index in [9.17, 15) is 14.4 Å². The lowest BCUT2D eigenvalue weighted by atomic mass is 9.63. The van der Waals surface area contributed by atoms with Gasteiger partial charge in [-0.1, -0.05) is 87.0 Å². The highest BCUT2D eigenvalue weighted by molar-refractivity contribution is 6.32. The van der Waals surface area contributed by atoms with Gasteiger partial charge in [-0.2, -0.15) is 0 Å². The van der Waals surface area contributed by atoms with Gasteiger partial charge in [-0.15, -0.1) is 0 Å². The normalized spacial score (nSPS) is 23.3. The van der Waals surface area contributed by atoms with Gasteiger partial charge in [-0.25, -0.2) is 4.39 Å². The number of benzene rings is 3. The number of hydrogen-bond acceptors (Lipinski definition) is 4. The number of anilines is 1. The van der Waals surface area contributed by atoms with Crippen molar-refractivity contribution in [3.63, 3.8) is 0 Å². The summed E-state index contributed by atoms with van der Waals surface area (Å²) in [7, 11) is 0. The molecule has 6 heteroatoms. The van der Waals surface area contributed by atoms with Crippen LogP contribution in [0, 0.1) is 16.6 Å². The lowest BCUT2D eigenvalue weighted by molar-refractivity contribution is -0.127. The van der Waals surface area contributed by atoms with Gasteiger partial charge in [0.15, 0.2) is 17.3 Å². The molecule has 37 heavy (non-hydrogen) atoms. The maximum atomic E-state index is 15.6. The number of ketones is 3. The van der Waals surface area contributed by atoms with E-state index >= 15 is 4.39 Å². The first-order valence-corrected chi connectivity index (χ1v) is 12.7. The first-order chi connectivity index (χ1) is 17.6. The summed E-state index contributed by atoms with van der Waals surface area (Å²) in [6, 6.07) is 16.5. The molecule has 3 atom stereocenters. The minimum atomic E-state index is -1.70. The molecule has 2 aliphatic heterocycles. The van der Waals surface area contributed by atoms with Crippen molar-refractivity contribution < 1.29 is 18.8 Å². The number of halogens is 2. The molecule has 1 spiro atoms. The first-order valence-electron chi connectivity index (χ1n) is 12.3. The molecular weight excluding hydrogens is 489 g/mol. The van der Waals surface area contributed by atoms with Crippen molar-refractivity contribution >= 4 is 40.7 Å². The zero-order chi connectivity index (χ0) is 26.3. The summed E-state index contributed by atoms with van der Waals surface area (Å²) in [5.74, 6) is -2.50. The molecule has 3 aromatic carbocycles. The molecule has 3 aromatic rings. The quantitative estimate of drug-likeness (QED) is 0.366. The Bertz CT molecular complexity index is 1500. The molecule has 0 aromatic heterocycles. The van der Waals surface area contributed by atoms with Gasteiger partial charge in [0.25, 0.3) is 0 Å². The lowest BCUT2D eigenvalue weighted by Gasteiger charge is -2.38. The van der Waals surface area contributed by atoms with Gasteiger partial charge in [0.1, 0.15) is 11.2 Å². The fourth-order valence-corrected chi connectivity index (χ4v) is 6.64. The average Bonchev–Trinajstić information content (AvgIpc) is 3.29. The number of carbonyl (C=O) groups excluding carboxylic acids is 3. The molecule has 186 valence electrons. The molecule has 0 bridgehead atoms. The second-order valence-corrected chi connectivity index (χ2v) is 11.5. The van der Waals surface area contributed by atoms with Crippen LogP contribution in [0.1, 0.15) is 58.5 Å². The maximum Gasteiger partial charge on any atom is 0.180 e. The molecule has 0 radical (unpaired) electrons. The molecular formula is C31H25ClFNO3. The highest BCUT2D eigenvalue weighted by Crippen LogP contribution is 2.61. The molecule has 3 aliphatic rings. The van der Waals surface area contributed by atoms with Gasteiger partial charge < -0.3 is 4.90 Å². The predicted molar refractivity (Wildman–Crippen MR) is 142 cm³/mol. The van der Waals surface area contributed by atoms with Crippen LogP contribution in [-0.4, -0.2) is 29.4 Å². The molecule has 2 heterocycles. The third-order valence-electron chi connectivity index (χ3n) is 8.01. The van der Waals surface area contributed by atoms with Crippen LogP contribution in [0.25, 0.3) is 6.08 Å². The molecule has 6 rings (SSSR count). The van der Waals surface area contributed by atoms with Crippen LogP contribution in [0.15, 0.2) is 72.8 Å². The number of hydrogen-bond donors (Lipinski definition) is 0. The number of carbonyl (C=O) groups is 3. The Morgan fingerprint density at radius 2 is 1.57 bits per heavy atom. The summed E-state index contributed by atoms with van der Waals surface area (Å²) in [5.41, 5.74) is -0.246. The molecule has 0 N–H and O–H groups in total. The zero-order valence-corrected chi connectivity index (χ0v) is 21.4. The summed E-state index contributed by atoms with van der Waals surface area (Å²) in [6.45, 7) is 5.43. The highest BCUT2D eigenvalue weighted by Gasteiger charge is 2.72. The van der Waals surface area contributed by atoms with E-state index < -0.39 is 34.6 Å². The van der Waals surface area contributed by atoms with Crippen LogP contribution in [0.5, 0.6) is 0 Å². The molecule has 1 fully saturated rings. The van der Waals surface area contributed by atoms with Gasteiger partial charge in [0.2, 0.25) is 0 Å².